The molecule has 13 heteroatoms. The van der Waals surface area contributed by atoms with Crippen molar-refractivity contribution in [3.8, 4) is 5.75 Å². The number of alkyl halides is 2. The Morgan fingerprint density at radius 2 is 1.08 bits per heavy atom. The SMILES string of the molecule is O=C(COC(=O)c1ccc(N2C(=O)C3C(C2=O)C2(Br)c4ccccc4C3(Br)c3ccccc32)cc1)c1ccc(OC(=O)c2ccc([N+](=O)[O-])cc2)cc1. The minimum atomic E-state index is -0.932. The van der Waals surface area contributed by atoms with Crippen LogP contribution < -0.4 is 9.64 Å². The Hall–Kier alpha value is -5.79. The van der Waals surface area contributed by atoms with Crippen LogP contribution in [0.1, 0.15) is 53.3 Å². The van der Waals surface area contributed by atoms with Gasteiger partial charge in [0, 0.05) is 17.7 Å². The number of non-ortho nitro benzene ring substituents is 1. The molecule has 1 fully saturated rings. The number of ketones is 1. The van der Waals surface area contributed by atoms with Crippen LogP contribution in [-0.2, 0) is 23.0 Å². The van der Waals surface area contributed by atoms with E-state index < -0.39 is 49.7 Å². The third-order valence-corrected chi connectivity index (χ3v) is 12.7. The average molecular weight is 836 g/mol. The van der Waals surface area contributed by atoms with Gasteiger partial charge in [-0.2, -0.15) is 0 Å². The highest BCUT2D eigenvalue weighted by Crippen LogP contribution is 2.70. The largest absolute Gasteiger partial charge is 0.454 e. The Bertz CT molecular complexity index is 2270. The van der Waals surface area contributed by atoms with Gasteiger partial charge in [0.15, 0.2) is 12.4 Å². The van der Waals surface area contributed by atoms with Gasteiger partial charge in [-0.3, -0.25) is 24.5 Å². The van der Waals surface area contributed by atoms with Crippen LogP contribution in [0.3, 0.4) is 0 Å². The fourth-order valence-electron chi connectivity index (χ4n) is 7.56. The first-order chi connectivity index (χ1) is 25.4. The summed E-state index contributed by atoms with van der Waals surface area (Å²) in [5, 5.41) is 10.8. The fraction of sp³-hybridized carbons (Fsp3) is 0.125. The van der Waals surface area contributed by atoms with E-state index in [0.29, 0.717) is 5.69 Å². The van der Waals surface area contributed by atoms with Gasteiger partial charge in [-0.1, -0.05) is 80.4 Å². The lowest BCUT2D eigenvalue weighted by Gasteiger charge is -2.55. The molecule has 5 aromatic rings. The minimum absolute atomic E-state index is 0.107. The molecule has 11 nitrogen and oxygen atoms in total. The summed E-state index contributed by atoms with van der Waals surface area (Å²) in [6, 6.07) is 32.0. The maximum Gasteiger partial charge on any atom is 0.343 e. The molecule has 1 heterocycles. The van der Waals surface area contributed by atoms with E-state index >= 15 is 0 Å². The summed E-state index contributed by atoms with van der Waals surface area (Å²) in [4.78, 5) is 78.1. The quantitative estimate of drug-likeness (QED) is 0.0299. The Morgan fingerprint density at radius 1 is 0.642 bits per heavy atom. The first-order valence-electron chi connectivity index (χ1n) is 16.3. The molecule has 2 bridgehead atoms. The molecule has 4 aliphatic rings. The zero-order valence-corrected chi connectivity index (χ0v) is 30.4. The first-order valence-corrected chi connectivity index (χ1v) is 17.9. The zero-order valence-electron chi connectivity index (χ0n) is 27.2. The maximum absolute atomic E-state index is 14.3. The van der Waals surface area contributed by atoms with Gasteiger partial charge in [-0.05, 0) is 82.9 Å². The van der Waals surface area contributed by atoms with Crippen molar-refractivity contribution in [2.75, 3.05) is 11.5 Å². The Morgan fingerprint density at radius 3 is 1.55 bits per heavy atom. The molecule has 0 spiro atoms. The monoisotopic (exact) mass is 834 g/mol. The number of ether oxygens (including phenoxy) is 2. The number of rotatable bonds is 8. The van der Waals surface area contributed by atoms with Crippen molar-refractivity contribution in [1.29, 1.82) is 0 Å². The summed E-state index contributed by atoms with van der Waals surface area (Å²) in [5.41, 5.74) is 4.24. The summed E-state index contributed by atoms with van der Waals surface area (Å²) < 4.78 is 8.67. The van der Waals surface area contributed by atoms with Gasteiger partial charge in [0.1, 0.15) is 5.75 Å². The maximum atomic E-state index is 14.3. The first kappa shape index (κ1) is 34.3. The molecule has 2 unspecified atom stereocenters. The number of hydrogen-bond donors (Lipinski definition) is 0. The molecule has 9 rings (SSSR count). The lowest BCUT2D eigenvalue weighted by molar-refractivity contribution is -0.384. The standard InChI is InChI=1S/C40H24Br2N2O9/c41-39-28-5-1-2-6-29(28)40(42,31-8-4-3-7-30(31)39)34-33(39)35(46)43(36(34)47)25-15-9-23(10-16-25)37(48)52-21-32(45)22-13-19-27(20-14-22)53-38(49)24-11-17-26(18-12-24)44(50)51/h1-20,33-34H,21H2. The Balaban J connectivity index is 0.937. The van der Waals surface area contributed by atoms with Crippen molar-refractivity contribution < 1.29 is 38.4 Å². The van der Waals surface area contributed by atoms with Crippen molar-refractivity contribution in [3.05, 3.63) is 170 Å². The Kier molecular flexibility index (Phi) is 8.23. The zero-order chi connectivity index (χ0) is 37.2. The molecule has 53 heavy (non-hydrogen) atoms. The highest BCUT2D eigenvalue weighted by molar-refractivity contribution is 9.10. The molecule has 0 saturated carbocycles. The van der Waals surface area contributed by atoms with E-state index in [2.05, 4.69) is 31.9 Å². The summed E-state index contributed by atoms with van der Waals surface area (Å²) in [5.74, 6) is -4.11. The highest BCUT2D eigenvalue weighted by Gasteiger charge is 2.72. The molecule has 0 radical (unpaired) electrons. The molecule has 262 valence electrons. The van der Waals surface area contributed by atoms with Crippen molar-refractivity contribution in [2.45, 2.75) is 8.65 Å². The van der Waals surface area contributed by atoms with Crippen LogP contribution in [0.4, 0.5) is 11.4 Å². The molecule has 0 aromatic heterocycles. The van der Waals surface area contributed by atoms with E-state index in [0.717, 1.165) is 22.3 Å². The topological polar surface area (TPSA) is 150 Å². The third kappa shape index (κ3) is 5.25. The predicted octanol–water partition coefficient (Wildman–Crippen LogP) is 7.26. The van der Waals surface area contributed by atoms with Crippen LogP contribution in [0.25, 0.3) is 0 Å². The molecule has 2 amide bonds. The van der Waals surface area contributed by atoms with E-state index in [-0.39, 0.29) is 39.9 Å². The second-order valence-corrected chi connectivity index (χ2v) is 15.2. The van der Waals surface area contributed by atoms with Crippen LogP contribution in [-0.4, -0.2) is 41.1 Å². The number of benzene rings is 5. The van der Waals surface area contributed by atoms with Gasteiger partial charge in [-0.15, -0.1) is 0 Å². The van der Waals surface area contributed by atoms with Crippen molar-refractivity contribution in [2.24, 2.45) is 11.8 Å². The molecule has 2 atom stereocenters. The van der Waals surface area contributed by atoms with E-state index in [4.69, 9.17) is 9.47 Å². The summed E-state index contributed by atoms with van der Waals surface area (Å²) in [6.07, 6.45) is 0. The van der Waals surface area contributed by atoms with Gasteiger partial charge in [0.25, 0.3) is 5.69 Å². The fourth-order valence-corrected chi connectivity index (χ4v) is 9.86. The van der Waals surface area contributed by atoms with E-state index in [9.17, 15) is 34.1 Å². The third-order valence-electron chi connectivity index (χ3n) is 9.98. The number of carbonyl (C=O) groups excluding carboxylic acids is 5. The number of esters is 2. The number of hydrogen-bond acceptors (Lipinski definition) is 9. The second-order valence-electron chi connectivity index (χ2n) is 12.7. The van der Waals surface area contributed by atoms with Crippen molar-refractivity contribution >= 4 is 72.8 Å². The molecule has 5 aromatic carbocycles. The second kappa shape index (κ2) is 12.7. The molecular formula is C40H24Br2N2O9. The van der Waals surface area contributed by atoms with E-state index in [1.807, 2.05) is 48.5 Å². The lowest BCUT2D eigenvalue weighted by atomic mass is 9.54. The number of carbonyl (C=O) groups is 5. The molecule has 1 saturated heterocycles. The summed E-state index contributed by atoms with van der Waals surface area (Å²) >= 11 is 7.97. The minimum Gasteiger partial charge on any atom is -0.454 e. The molecular weight excluding hydrogens is 812 g/mol. The van der Waals surface area contributed by atoms with Gasteiger partial charge in [-0.25, -0.2) is 14.5 Å². The number of imide groups is 1. The number of nitro benzene ring substituents is 1. The van der Waals surface area contributed by atoms with Gasteiger partial charge in [0.05, 0.1) is 42.2 Å². The van der Waals surface area contributed by atoms with Gasteiger partial charge < -0.3 is 9.47 Å². The predicted molar refractivity (Wildman–Crippen MR) is 197 cm³/mol. The number of nitrogens with zero attached hydrogens (tertiary/aromatic N) is 2. The number of anilines is 1. The van der Waals surface area contributed by atoms with Gasteiger partial charge >= 0.3 is 11.9 Å². The molecule has 1 aliphatic heterocycles. The van der Waals surface area contributed by atoms with Crippen LogP contribution in [0.2, 0.25) is 0 Å². The van der Waals surface area contributed by atoms with Crippen LogP contribution in [0.5, 0.6) is 5.75 Å². The number of halogens is 2. The number of amides is 2. The van der Waals surface area contributed by atoms with Gasteiger partial charge in [0.2, 0.25) is 11.8 Å². The summed E-state index contributed by atoms with van der Waals surface area (Å²) in [7, 11) is 0. The van der Waals surface area contributed by atoms with Crippen molar-refractivity contribution in [1.82, 2.24) is 0 Å². The normalized spacial score (nSPS) is 22.0. The number of nitro groups is 1. The highest BCUT2D eigenvalue weighted by atomic mass is 79.9. The van der Waals surface area contributed by atoms with Crippen LogP contribution in [0.15, 0.2) is 121 Å². The van der Waals surface area contributed by atoms with Crippen molar-refractivity contribution in [3.63, 3.8) is 0 Å². The van der Waals surface area contributed by atoms with Crippen LogP contribution in [0, 0.1) is 22.0 Å². The smallest absolute Gasteiger partial charge is 0.343 e. The van der Waals surface area contributed by atoms with E-state index in [1.165, 1.54) is 77.7 Å². The van der Waals surface area contributed by atoms with Crippen LogP contribution >= 0.6 is 31.9 Å². The average Bonchev–Trinajstić information content (AvgIpc) is 3.46. The van der Waals surface area contributed by atoms with E-state index in [1.54, 1.807) is 0 Å². The molecule has 3 aliphatic carbocycles. The lowest BCUT2D eigenvalue weighted by Crippen LogP contribution is -2.56. The Labute approximate surface area is 317 Å². The summed E-state index contributed by atoms with van der Waals surface area (Å²) in [6.45, 7) is -0.573. The molecule has 0 N–H and O–H groups in total. The number of Topliss-reactive ketones (excluding diaryl/α,β-unsaturated/α-hetero) is 1.